The van der Waals surface area contributed by atoms with Crippen molar-refractivity contribution >= 4 is 27.3 Å². The Morgan fingerprint density at radius 3 is 2.15 bits per heavy atom. The van der Waals surface area contributed by atoms with E-state index in [1.54, 1.807) is 43.3 Å². The smallest absolute Gasteiger partial charge is 0.264 e. The predicted octanol–water partition coefficient (Wildman–Crippen LogP) is 4.44. The summed E-state index contributed by atoms with van der Waals surface area (Å²) in [6, 6.07) is 21.0. The second-order valence-corrected chi connectivity index (χ2v) is 9.69. The van der Waals surface area contributed by atoms with Gasteiger partial charge in [0.15, 0.2) is 0 Å². The summed E-state index contributed by atoms with van der Waals surface area (Å²) in [5.74, 6) is -0.207. The van der Waals surface area contributed by atoms with Crippen LogP contribution in [-0.4, -0.2) is 33.2 Å². The summed E-state index contributed by atoms with van der Waals surface area (Å²) in [4.78, 5) is 12.9. The highest BCUT2D eigenvalue weighted by Gasteiger charge is 2.29. The lowest BCUT2D eigenvalue weighted by molar-refractivity contribution is -0.119. The second-order valence-electron chi connectivity index (χ2n) is 7.82. The van der Waals surface area contributed by atoms with Crippen LogP contribution < -0.4 is 14.5 Å². The Kier molecular flexibility index (Phi) is 8.07. The van der Waals surface area contributed by atoms with Gasteiger partial charge in [0.1, 0.15) is 12.3 Å². The molecule has 0 aliphatic carbocycles. The summed E-state index contributed by atoms with van der Waals surface area (Å²) in [5.41, 5.74) is 6.27. The van der Waals surface area contributed by atoms with Gasteiger partial charge in [-0.15, -0.1) is 0 Å². The lowest BCUT2D eigenvalue weighted by atomic mass is 10.1. The topological polar surface area (TPSA) is 88.1 Å². The molecule has 8 heteroatoms. The van der Waals surface area contributed by atoms with Gasteiger partial charge in [-0.05, 0) is 57.5 Å². The number of benzene rings is 3. The van der Waals surface area contributed by atoms with Crippen molar-refractivity contribution in [2.45, 2.75) is 32.6 Å². The first-order chi connectivity index (χ1) is 16.2. The first-order valence-corrected chi connectivity index (χ1v) is 12.4. The van der Waals surface area contributed by atoms with Crippen molar-refractivity contribution in [3.05, 3.63) is 89.5 Å². The van der Waals surface area contributed by atoms with E-state index in [2.05, 4.69) is 10.5 Å². The molecule has 0 spiro atoms. The molecule has 34 heavy (non-hydrogen) atoms. The molecule has 3 rings (SSSR count). The number of ether oxygens (including phenoxy) is 1. The van der Waals surface area contributed by atoms with Gasteiger partial charge in [-0.25, -0.2) is 13.8 Å². The van der Waals surface area contributed by atoms with E-state index in [0.717, 1.165) is 21.0 Å². The largest absolute Gasteiger partial charge is 0.492 e. The highest BCUT2D eigenvalue weighted by molar-refractivity contribution is 7.92. The molecule has 3 aromatic carbocycles. The third-order valence-corrected chi connectivity index (χ3v) is 6.92. The van der Waals surface area contributed by atoms with Crippen LogP contribution >= 0.6 is 0 Å². The number of sulfonamides is 1. The number of rotatable bonds is 9. The fraction of sp³-hybridized carbons (Fsp3) is 0.231. The van der Waals surface area contributed by atoms with Gasteiger partial charge < -0.3 is 4.74 Å². The summed E-state index contributed by atoms with van der Waals surface area (Å²) in [5, 5.41) is 4.16. The van der Waals surface area contributed by atoms with E-state index in [-0.39, 0.29) is 10.6 Å². The minimum atomic E-state index is -4.06. The normalized spacial score (nSPS) is 11.7. The van der Waals surface area contributed by atoms with Crippen LogP contribution in [0.4, 0.5) is 5.69 Å². The van der Waals surface area contributed by atoms with Crippen LogP contribution in [0.25, 0.3) is 0 Å². The lowest BCUT2D eigenvalue weighted by Crippen LogP contribution is -2.40. The second kappa shape index (κ2) is 11.0. The Hall–Kier alpha value is -3.65. The summed E-state index contributed by atoms with van der Waals surface area (Å²) >= 11 is 0. The van der Waals surface area contributed by atoms with Crippen molar-refractivity contribution in [1.82, 2.24) is 5.43 Å². The van der Waals surface area contributed by atoms with Crippen molar-refractivity contribution in [2.75, 3.05) is 17.5 Å². The molecule has 0 aliphatic rings. The molecular formula is C26H29N3O4S. The van der Waals surface area contributed by atoms with Crippen molar-refractivity contribution in [2.24, 2.45) is 5.10 Å². The molecular weight excluding hydrogens is 450 g/mol. The summed E-state index contributed by atoms with van der Waals surface area (Å²) < 4.78 is 33.9. The number of nitrogens with one attached hydrogen (secondary N) is 1. The maximum Gasteiger partial charge on any atom is 0.264 e. The average molecular weight is 480 g/mol. The van der Waals surface area contributed by atoms with E-state index < -0.39 is 22.5 Å². The van der Waals surface area contributed by atoms with Gasteiger partial charge in [-0.1, -0.05) is 59.7 Å². The van der Waals surface area contributed by atoms with Crippen LogP contribution in [-0.2, 0) is 14.8 Å². The van der Waals surface area contributed by atoms with Gasteiger partial charge in [0, 0.05) is 0 Å². The third-order valence-electron chi connectivity index (χ3n) is 5.15. The molecule has 0 saturated carbocycles. The van der Waals surface area contributed by atoms with Gasteiger partial charge in [-0.3, -0.25) is 9.10 Å². The number of carbonyl (C=O) groups is 1. The first kappa shape index (κ1) is 25.0. The van der Waals surface area contributed by atoms with Crippen LogP contribution in [0.1, 0.15) is 30.5 Å². The van der Waals surface area contributed by atoms with E-state index >= 15 is 0 Å². The number of hydrogen-bond acceptors (Lipinski definition) is 5. The number of anilines is 1. The number of amides is 1. The zero-order chi connectivity index (χ0) is 24.7. The number of nitrogens with zero attached hydrogens (tertiary/aromatic N) is 2. The molecule has 0 bridgehead atoms. The molecule has 0 fully saturated rings. The van der Waals surface area contributed by atoms with E-state index in [1.807, 2.05) is 45.0 Å². The molecule has 1 N–H and O–H groups in total. The van der Waals surface area contributed by atoms with Gasteiger partial charge in [0.05, 0.1) is 22.9 Å². The molecule has 1 amide bonds. The SMILES string of the molecule is CCOc1ccccc1N(CC(=O)N/N=C(/C)c1ccc(C)cc1)S(=O)(=O)c1ccc(C)cc1. The number of carbonyl (C=O) groups excluding carboxylic acids is 1. The van der Waals surface area contributed by atoms with Crippen LogP contribution in [0.15, 0.2) is 82.8 Å². The quantitative estimate of drug-likeness (QED) is 0.363. The van der Waals surface area contributed by atoms with Gasteiger partial charge >= 0.3 is 0 Å². The van der Waals surface area contributed by atoms with Crippen molar-refractivity contribution in [1.29, 1.82) is 0 Å². The Balaban J connectivity index is 1.92. The third kappa shape index (κ3) is 6.02. The van der Waals surface area contributed by atoms with Crippen LogP contribution in [0, 0.1) is 13.8 Å². The minimum absolute atomic E-state index is 0.0801. The van der Waals surface area contributed by atoms with Gasteiger partial charge in [0.25, 0.3) is 15.9 Å². The maximum atomic E-state index is 13.6. The molecule has 0 unspecified atom stereocenters. The molecule has 0 heterocycles. The maximum absolute atomic E-state index is 13.6. The van der Waals surface area contributed by atoms with Crippen LogP contribution in [0.3, 0.4) is 0 Å². The van der Waals surface area contributed by atoms with E-state index in [9.17, 15) is 13.2 Å². The number of aryl methyl sites for hydroxylation is 2. The number of para-hydroxylation sites is 2. The Labute approximate surface area is 201 Å². The molecule has 0 radical (unpaired) electrons. The molecule has 0 aliphatic heterocycles. The molecule has 0 aromatic heterocycles. The zero-order valence-electron chi connectivity index (χ0n) is 19.8. The van der Waals surface area contributed by atoms with Crippen molar-refractivity contribution < 1.29 is 17.9 Å². The van der Waals surface area contributed by atoms with E-state index in [0.29, 0.717) is 18.1 Å². The van der Waals surface area contributed by atoms with E-state index in [1.165, 1.54) is 12.1 Å². The minimum Gasteiger partial charge on any atom is -0.492 e. The van der Waals surface area contributed by atoms with Crippen LogP contribution in [0.5, 0.6) is 5.75 Å². The fourth-order valence-electron chi connectivity index (χ4n) is 3.25. The van der Waals surface area contributed by atoms with Crippen LogP contribution in [0.2, 0.25) is 0 Å². The highest BCUT2D eigenvalue weighted by Crippen LogP contribution is 2.32. The molecule has 0 saturated heterocycles. The van der Waals surface area contributed by atoms with Gasteiger partial charge in [-0.2, -0.15) is 5.10 Å². The number of hydrogen-bond donors (Lipinski definition) is 1. The van der Waals surface area contributed by atoms with Crippen molar-refractivity contribution in [3.63, 3.8) is 0 Å². The molecule has 0 atom stereocenters. The lowest BCUT2D eigenvalue weighted by Gasteiger charge is -2.25. The van der Waals surface area contributed by atoms with Gasteiger partial charge in [0.2, 0.25) is 0 Å². The fourth-order valence-corrected chi connectivity index (χ4v) is 4.68. The molecule has 3 aromatic rings. The van der Waals surface area contributed by atoms with Crippen molar-refractivity contribution in [3.8, 4) is 5.75 Å². The Morgan fingerprint density at radius 2 is 1.53 bits per heavy atom. The zero-order valence-corrected chi connectivity index (χ0v) is 20.6. The highest BCUT2D eigenvalue weighted by atomic mass is 32.2. The molecule has 7 nitrogen and oxygen atoms in total. The number of hydrazone groups is 1. The summed E-state index contributed by atoms with van der Waals surface area (Å²) in [6.07, 6.45) is 0. The summed E-state index contributed by atoms with van der Waals surface area (Å²) in [6.45, 7) is 7.33. The monoisotopic (exact) mass is 479 g/mol. The van der Waals surface area contributed by atoms with E-state index in [4.69, 9.17) is 4.74 Å². The Bertz CT molecular complexity index is 1270. The predicted molar refractivity (Wildman–Crippen MR) is 135 cm³/mol. The molecule has 178 valence electrons. The summed E-state index contributed by atoms with van der Waals surface area (Å²) in [7, 11) is -4.06. The standard InChI is InChI=1S/C26H29N3O4S/c1-5-33-25-9-7-6-8-24(25)29(34(31,32)23-16-12-20(3)13-17-23)18-26(30)28-27-21(4)22-14-10-19(2)11-15-22/h6-17H,5,18H2,1-4H3,(H,28,30)/b27-21-. The average Bonchev–Trinajstić information content (AvgIpc) is 2.82. The first-order valence-electron chi connectivity index (χ1n) is 10.9. The Morgan fingerprint density at radius 1 is 0.941 bits per heavy atom.